The van der Waals surface area contributed by atoms with Crippen LogP contribution in [0.5, 0.6) is 5.75 Å². The van der Waals surface area contributed by atoms with E-state index in [-0.39, 0.29) is 16.3 Å². The van der Waals surface area contributed by atoms with Gasteiger partial charge in [0.25, 0.3) is 5.91 Å². The molecule has 0 saturated carbocycles. The van der Waals surface area contributed by atoms with E-state index in [9.17, 15) is 9.18 Å². The largest absolute Gasteiger partial charge is 0.494 e. The highest BCUT2D eigenvalue weighted by atomic mass is 35.5. The summed E-state index contributed by atoms with van der Waals surface area (Å²) in [5.74, 6) is -0.279. The van der Waals surface area contributed by atoms with Crippen LogP contribution in [0.2, 0.25) is 5.02 Å². The number of hydrogen-bond acceptors (Lipinski definition) is 4. The van der Waals surface area contributed by atoms with Crippen LogP contribution in [0.25, 0.3) is 11.3 Å². The molecule has 0 bridgehead atoms. The maximum atomic E-state index is 13.7. The number of carbonyl (C=O) groups excluding carboxylic acids is 1. The van der Waals surface area contributed by atoms with E-state index in [2.05, 4.69) is 15.5 Å². The quantitative estimate of drug-likeness (QED) is 0.484. The van der Waals surface area contributed by atoms with Gasteiger partial charge in [0.15, 0.2) is 0 Å². The lowest BCUT2D eigenvalue weighted by Crippen LogP contribution is -2.19. The molecule has 0 fully saturated rings. The van der Waals surface area contributed by atoms with E-state index in [0.717, 1.165) is 17.5 Å². The van der Waals surface area contributed by atoms with Crippen LogP contribution in [-0.4, -0.2) is 23.7 Å². The van der Waals surface area contributed by atoms with E-state index in [1.165, 1.54) is 18.2 Å². The lowest BCUT2D eigenvalue weighted by atomic mass is 10.1. The van der Waals surface area contributed by atoms with Gasteiger partial charge in [0.05, 0.1) is 23.5 Å². The van der Waals surface area contributed by atoms with Gasteiger partial charge in [-0.25, -0.2) is 14.8 Å². The molecule has 1 heterocycles. The molecule has 1 amide bonds. The minimum Gasteiger partial charge on any atom is -0.494 e. The van der Waals surface area contributed by atoms with Crippen LogP contribution in [0.15, 0.2) is 65.8 Å². The summed E-state index contributed by atoms with van der Waals surface area (Å²) < 4.78 is 19.1. The molecule has 0 radical (unpaired) electrons. The maximum Gasteiger partial charge on any atom is 0.289 e. The molecule has 142 valence electrons. The van der Waals surface area contributed by atoms with E-state index in [0.29, 0.717) is 12.3 Å². The number of benzene rings is 2. The molecule has 1 aromatic heterocycles. The third-order valence-corrected chi connectivity index (χ3v) is 4.13. The minimum absolute atomic E-state index is 0.0977. The molecule has 0 atom stereocenters. The lowest BCUT2D eigenvalue weighted by molar-refractivity contribution is 0.0950. The van der Waals surface area contributed by atoms with Crippen LogP contribution in [-0.2, 0) is 0 Å². The monoisotopic (exact) mass is 397 g/mol. The van der Waals surface area contributed by atoms with Crippen molar-refractivity contribution in [1.82, 2.24) is 10.4 Å². The van der Waals surface area contributed by atoms with Crippen molar-refractivity contribution in [1.29, 1.82) is 0 Å². The van der Waals surface area contributed by atoms with Crippen LogP contribution in [0.3, 0.4) is 0 Å². The molecule has 0 aliphatic heterocycles. The smallest absolute Gasteiger partial charge is 0.289 e. The van der Waals surface area contributed by atoms with E-state index in [1.54, 1.807) is 18.2 Å². The Balaban J connectivity index is 1.72. The van der Waals surface area contributed by atoms with Gasteiger partial charge in [-0.2, -0.15) is 5.10 Å². The van der Waals surface area contributed by atoms with Crippen LogP contribution < -0.4 is 10.2 Å². The summed E-state index contributed by atoms with van der Waals surface area (Å²) in [6.45, 7) is 2.51. The standard InChI is InChI=1S/C21H17ClFN3O2/c1-2-28-15-11-9-14(10-12-15)19-7-4-8-20(25-19)21(27)26-24-13-16-17(22)5-3-6-18(16)23/h3-13H,2H2,1H3,(H,26,27). The molecule has 3 rings (SSSR count). The number of halogens is 2. The summed E-state index contributed by atoms with van der Waals surface area (Å²) >= 11 is 5.92. The average Bonchev–Trinajstić information content (AvgIpc) is 2.71. The Morgan fingerprint density at radius 3 is 2.64 bits per heavy atom. The minimum atomic E-state index is -0.527. The van der Waals surface area contributed by atoms with Crippen LogP contribution in [0.1, 0.15) is 23.0 Å². The second-order valence-electron chi connectivity index (χ2n) is 5.70. The number of nitrogens with zero attached hydrogens (tertiary/aromatic N) is 2. The molecule has 0 spiro atoms. The third-order valence-electron chi connectivity index (χ3n) is 3.80. The Morgan fingerprint density at radius 2 is 1.93 bits per heavy atom. The average molecular weight is 398 g/mol. The van der Waals surface area contributed by atoms with Crippen molar-refractivity contribution >= 4 is 23.7 Å². The Kier molecular flexibility index (Phi) is 6.34. The summed E-state index contributed by atoms with van der Waals surface area (Å²) in [5.41, 5.74) is 4.09. The first-order chi connectivity index (χ1) is 13.6. The number of nitrogens with one attached hydrogen (secondary N) is 1. The van der Waals surface area contributed by atoms with Crippen molar-refractivity contribution in [3.63, 3.8) is 0 Å². The highest BCUT2D eigenvalue weighted by Gasteiger charge is 2.09. The second kappa shape index (κ2) is 9.10. The second-order valence-corrected chi connectivity index (χ2v) is 6.11. The van der Waals surface area contributed by atoms with Gasteiger partial charge in [-0.05, 0) is 55.5 Å². The fourth-order valence-corrected chi connectivity index (χ4v) is 2.67. The first-order valence-electron chi connectivity index (χ1n) is 8.56. The zero-order valence-electron chi connectivity index (χ0n) is 15.0. The number of aromatic nitrogens is 1. The SMILES string of the molecule is CCOc1ccc(-c2cccc(C(=O)NN=Cc3c(F)cccc3Cl)n2)cc1. The molecule has 0 aliphatic carbocycles. The Hall–Kier alpha value is -3.25. The predicted octanol–water partition coefficient (Wildman–Crippen LogP) is 4.70. The van der Waals surface area contributed by atoms with Crippen LogP contribution in [0, 0.1) is 5.82 Å². The van der Waals surface area contributed by atoms with Gasteiger partial charge in [0.1, 0.15) is 17.3 Å². The van der Waals surface area contributed by atoms with Gasteiger partial charge in [-0.1, -0.05) is 23.7 Å². The zero-order chi connectivity index (χ0) is 19.9. The van der Waals surface area contributed by atoms with Crippen molar-refractivity contribution in [3.05, 3.63) is 82.8 Å². The van der Waals surface area contributed by atoms with Gasteiger partial charge in [0.2, 0.25) is 0 Å². The Bertz CT molecular complexity index is 987. The molecule has 5 nitrogen and oxygen atoms in total. The van der Waals surface area contributed by atoms with Crippen LogP contribution in [0.4, 0.5) is 4.39 Å². The highest BCUT2D eigenvalue weighted by Crippen LogP contribution is 2.21. The van der Waals surface area contributed by atoms with Gasteiger partial charge < -0.3 is 4.74 Å². The van der Waals surface area contributed by atoms with E-state index in [1.807, 2.05) is 31.2 Å². The van der Waals surface area contributed by atoms with Gasteiger partial charge >= 0.3 is 0 Å². The van der Waals surface area contributed by atoms with E-state index in [4.69, 9.17) is 16.3 Å². The molecule has 0 unspecified atom stereocenters. The molecule has 1 N–H and O–H groups in total. The number of amides is 1. The first-order valence-corrected chi connectivity index (χ1v) is 8.94. The van der Waals surface area contributed by atoms with E-state index >= 15 is 0 Å². The third kappa shape index (κ3) is 4.72. The van der Waals surface area contributed by atoms with Crippen molar-refractivity contribution in [3.8, 4) is 17.0 Å². The van der Waals surface area contributed by atoms with Gasteiger partial charge in [-0.3, -0.25) is 4.79 Å². The number of ether oxygens (including phenoxy) is 1. The summed E-state index contributed by atoms with van der Waals surface area (Å²) in [5, 5.41) is 3.97. The van der Waals surface area contributed by atoms with Gasteiger partial charge in [-0.15, -0.1) is 0 Å². The van der Waals surface area contributed by atoms with Crippen molar-refractivity contribution in [2.45, 2.75) is 6.92 Å². The summed E-state index contributed by atoms with van der Waals surface area (Å²) in [7, 11) is 0. The predicted molar refractivity (Wildman–Crippen MR) is 107 cm³/mol. The molecular weight excluding hydrogens is 381 g/mol. The van der Waals surface area contributed by atoms with Gasteiger partial charge in [0, 0.05) is 11.1 Å². The van der Waals surface area contributed by atoms with E-state index < -0.39 is 11.7 Å². The molecule has 0 saturated heterocycles. The fraction of sp³-hybridized carbons (Fsp3) is 0.0952. The number of carbonyl (C=O) groups is 1. The lowest BCUT2D eigenvalue weighted by Gasteiger charge is -2.06. The van der Waals surface area contributed by atoms with Crippen molar-refractivity contribution < 1.29 is 13.9 Å². The molecular formula is C21H17ClFN3O2. The topological polar surface area (TPSA) is 63.6 Å². The number of pyridine rings is 1. The normalized spacial score (nSPS) is 10.8. The molecule has 2 aromatic carbocycles. The molecule has 28 heavy (non-hydrogen) atoms. The Labute approximate surface area is 166 Å². The highest BCUT2D eigenvalue weighted by molar-refractivity contribution is 6.33. The summed E-state index contributed by atoms with van der Waals surface area (Å²) in [6, 6.07) is 16.8. The molecule has 0 aliphatic rings. The van der Waals surface area contributed by atoms with Crippen LogP contribution >= 0.6 is 11.6 Å². The fourth-order valence-electron chi connectivity index (χ4n) is 2.46. The maximum absolute atomic E-state index is 13.7. The number of hydrazone groups is 1. The van der Waals surface area contributed by atoms with Crippen molar-refractivity contribution in [2.24, 2.45) is 5.10 Å². The summed E-state index contributed by atoms with van der Waals surface area (Å²) in [6.07, 6.45) is 1.16. The number of rotatable bonds is 6. The first kappa shape index (κ1) is 19.5. The number of hydrogen-bond donors (Lipinski definition) is 1. The Morgan fingerprint density at radius 1 is 1.18 bits per heavy atom. The zero-order valence-corrected chi connectivity index (χ0v) is 15.8. The summed E-state index contributed by atoms with van der Waals surface area (Å²) in [4.78, 5) is 16.6. The van der Waals surface area contributed by atoms with Crippen molar-refractivity contribution in [2.75, 3.05) is 6.61 Å². The molecule has 3 aromatic rings. The molecule has 7 heteroatoms.